The Bertz CT molecular complexity index is 956. The zero-order chi connectivity index (χ0) is 18.7. The molecule has 132 valence electrons. The summed E-state index contributed by atoms with van der Waals surface area (Å²) in [6, 6.07) is 13.7. The van der Waals surface area contributed by atoms with Crippen LogP contribution in [0.25, 0.3) is 11.8 Å². The third kappa shape index (κ3) is 3.57. The summed E-state index contributed by atoms with van der Waals surface area (Å²) in [5, 5.41) is 8.12. The van der Waals surface area contributed by atoms with Crippen molar-refractivity contribution in [2.75, 3.05) is 0 Å². The molecule has 0 fully saturated rings. The lowest BCUT2D eigenvalue weighted by molar-refractivity contribution is 0.0464. The van der Waals surface area contributed by atoms with Gasteiger partial charge in [-0.25, -0.2) is 9.48 Å². The predicted octanol–water partition coefficient (Wildman–Crippen LogP) is 4.19. The van der Waals surface area contributed by atoms with Crippen molar-refractivity contribution in [2.45, 2.75) is 27.4 Å². The minimum Gasteiger partial charge on any atom is -0.456 e. The highest BCUT2D eigenvalue weighted by atomic mass is 16.5. The molecule has 0 atom stereocenters. The van der Waals surface area contributed by atoms with Crippen molar-refractivity contribution < 1.29 is 9.53 Å². The van der Waals surface area contributed by atoms with Crippen molar-refractivity contribution in [1.82, 2.24) is 15.0 Å². The monoisotopic (exact) mass is 347 g/mol. The lowest BCUT2D eigenvalue weighted by Crippen LogP contribution is -2.08. The van der Waals surface area contributed by atoms with Crippen molar-refractivity contribution in [2.24, 2.45) is 0 Å². The smallest absolute Gasteiger partial charge is 0.361 e. The van der Waals surface area contributed by atoms with E-state index in [1.165, 1.54) is 5.56 Å². The summed E-state index contributed by atoms with van der Waals surface area (Å²) in [7, 11) is 0. The molecule has 0 saturated heterocycles. The Balaban J connectivity index is 1.74. The van der Waals surface area contributed by atoms with Gasteiger partial charge in [0.25, 0.3) is 0 Å². The van der Waals surface area contributed by atoms with Crippen LogP contribution < -0.4 is 0 Å². The molecular weight excluding hydrogens is 326 g/mol. The minimum absolute atomic E-state index is 0.187. The van der Waals surface area contributed by atoms with Gasteiger partial charge in [0.2, 0.25) is 0 Å². The Labute approximate surface area is 152 Å². The molecule has 3 rings (SSSR count). The van der Waals surface area contributed by atoms with Gasteiger partial charge in [-0.05, 0) is 55.2 Å². The molecule has 5 heteroatoms. The number of ether oxygens (including phenoxy) is 1. The van der Waals surface area contributed by atoms with Gasteiger partial charge in [0.1, 0.15) is 6.61 Å². The molecule has 0 saturated carbocycles. The molecule has 1 aromatic heterocycles. The Hall–Kier alpha value is -3.21. The Morgan fingerprint density at radius 3 is 2.50 bits per heavy atom. The molecule has 0 aliphatic rings. The van der Waals surface area contributed by atoms with Crippen LogP contribution in [0.3, 0.4) is 0 Å². The van der Waals surface area contributed by atoms with Crippen molar-refractivity contribution in [3.63, 3.8) is 0 Å². The number of carbonyl (C=O) groups excluding carboxylic acids is 1. The van der Waals surface area contributed by atoms with Crippen LogP contribution in [0.15, 0.2) is 49.0 Å². The summed E-state index contributed by atoms with van der Waals surface area (Å²) in [5.74, 6) is -0.481. The number of nitrogens with zero attached hydrogens (tertiary/aromatic N) is 3. The lowest BCUT2D eigenvalue weighted by atomic mass is 10.1. The van der Waals surface area contributed by atoms with Crippen LogP contribution in [-0.4, -0.2) is 21.0 Å². The third-order valence-electron chi connectivity index (χ3n) is 4.41. The molecule has 0 aliphatic heterocycles. The van der Waals surface area contributed by atoms with Crippen LogP contribution in [0.2, 0.25) is 0 Å². The van der Waals surface area contributed by atoms with Crippen molar-refractivity contribution in [1.29, 1.82) is 0 Å². The fraction of sp³-hybridized carbons (Fsp3) is 0.190. The van der Waals surface area contributed by atoms with Crippen LogP contribution in [0, 0.1) is 20.8 Å². The quantitative estimate of drug-likeness (QED) is 0.649. The predicted molar refractivity (Wildman–Crippen MR) is 101 cm³/mol. The maximum atomic E-state index is 12.4. The first-order valence-corrected chi connectivity index (χ1v) is 8.38. The average Bonchev–Trinajstić information content (AvgIpc) is 3.04. The molecule has 5 nitrogen and oxygen atoms in total. The largest absolute Gasteiger partial charge is 0.456 e. The van der Waals surface area contributed by atoms with E-state index in [1.54, 1.807) is 10.8 Å². The number of hydrogen-bond acceptors (Lipinski definition) is 4. The molecular formula is C21H21N3O2. The molecule has 0 bridgehead atoms. The molecule has 26 heavy (non-hydrogen) atoms. The van der Waals surface area contributed by atoms with Crippen molar-refractivity contribution in [3.8, 4) is 5.69 Å². The maximum Gasteiger partial charge on any atom is 0.361 e. The highest BCUT2D eigenvalue weighted by Gasteiger charge is 2.19. The second-order valence-corrected chi connectivity index (χ2v) is 6.23. The highest BCUT2D eigenvalue weighted by Crippen LogP contribution is 2.17. The van der Waals surface area contributed by atoms with Crippen molar-refractivity contribution >= 4 is 12.0 Å². The first-order chi connectivity index (χ1) is 12.5. The van der Waals surface area contributed by atoms with E-state index in [0.29, 0.717) is 5.69 Å². The SMILES string of the molecule is C=Cc1ccc(COC(=O)c2nnn(-c3ccc(C)c(C)c3)c2C)cc1. The Morgan fingerprint density at radius 1 is 1.12 bits per heavy atom. The molecule has 3 aromatic rings. The van der Waals surface area contributed by atoms with E-state index in [4.69, 9.17) is 4.74 Å². The molecule has 2 aromatic carbocycles. The van der Waals surface area contributed by atoms with Gasteiger partial charge in [0.05, 0.1) is 11.4 Å². The Kier molecular flexibility index (Phi) is 4.98. The minimum atomic E-state index is -0.481. The van der Waals surface area contributed by atoms with Gasteiger partial charge in [0, 0.05) is 0 Å². The normalized spacial score (nSPS) is 10.6. The summed E-state index contributed by atoms with van der Waals surface area (Å²) in [4.78, 5) is 12.4. The zero-order valence-electron chi connectivity index (χ0n) is 15.2. The third-order valence-corrected chi connectivity index (χ3v) is 4.41. The molecule has 0 N–H and O–H groups in total. The van der Waals surface area contributed by atoms with E-state index in [9.17, 15) is 4.79 Å². The molecule has 0 amide bonds. The van der Waals surface area contributed by atoms with Gasteiger partial charge in [-0.15, -0.1) is 5.10 Å². The molecule has 0 unspecified atom stereocenters. The first kappa shape index (κ1) is 17.6. The molecule has 0 radical (unpaired) electrons. The Morgan fingerprint density at radius 2 is 1.85 bits per heavy atom. The van der Waals surface area contributed by atoms with Crippen molar-refractivity contribution in [3.05, 3.63) is 82.7 Å². The van der Waals surface area contributed by atoms with E-state index in [2.05, 4.69) is 23.8 Å². The number of rotatable bonds is 5. The van der Waals surface area contributed by atoms with Crippen LogP contribution in [0.5, 0.6) is 0 Å². The van der Waals surface area contributed by atoms with Crippen LogP contribution in [0.4, 0.5) is 0 Å². The number of aromatic nitrogens is 3. The van der Waals surface area contributed by atoms with Crippen LogP contribution >= 0.6 is 0 Å². The van der Waals surface area contributed by atoms with E-state index in [0.717, 1.165) is 22.4 Å². The summed E-state index contributed by atoms with van der Waals surface area (Å²) >= 11 is 0. The van der Waals surface area contributed by atoms with Gasteiger partial charge in [-0.3, -0.25) is 0 Å². The fourth-order valence-corrected chi connectivity index (χ4v) is 2.59. The zero-order valence-corrected chi connectivity index (χ0v) is 15.2. The van der Waals surface area contributed by atoms with E-state index in [1.807, 2.05) is 56.3 Å². The topological polar surface area (TPSA) is 57.0 Å². The number of benzene rings is 2. The number of hydrogen-bond donors (Lipinski definition) is 0. The van der Waals surface area contributed by atoms with Gasteiger partial charge >= 0.3 is 5.97 Å². The maximum absolute atomic E-state index is 12.4. The van der Waals surface area contributed by atoms with E-state index in [-0.39, 0.29) is 12.3 Å². The van der Waals surface area contributed by atoms with Crippen LogP contribution in [-0.2, 0) is 11.3 Å². The average molecular weight is 347 g/mol. The van der Waals surface area contributed by atoms with Gasteiger partial charge in [-0.1, -0.05) is 48.2 Å². The first-order valence-electron chi connectivity index (χ1n) is 8.38. The number of aryl methyl sites for hydroxylation is 2. The van der Waals surface area contributed by atoms with E-state index < -0.39 is 5.97 Å². The van der Waals surface area contributed by atoms with E-state index >= 15 is 0 Å². The summed E-state index contributed by atoms with van der Waals surface area (Å²) < 4.78 is 7.03. The second kappa shape index (κ2) is 7.35. The fourth-order valence-electron chi connectivity index (χ4n) is 2.59. The summed E-state index contributed by atoms with van der Waals surface area (Å²) in [6.07, 6.45) is 1.77. The molecule has 1 heterocycles. The number of esters is 1. The standard InChI is InChI=1S/C21H21N3O2/c1-5-17-7-9-18(10-8-17)13-26-21(25)20-16(4)24(23-22-20)19-11-6-14(2)15(3)12-19/h5-12H,1,13H2,2-4H3. The van der Waals surface area contributed by atoms with Gasteiger partial charge in [0.15, 0.2) is 5.69 Å². The molecule has 0 spiro atoms. The van der Waals surface area contributed by atoms with Gasteiger partial charge < -0.3 is 4.74 Å². The molecule has 0 aliphatic carbocycles. The summed E-state index contributed by atoms with van der Waals surface area (Å²) in [5.41, 5.74) is 6.04. The second-order valence-electron chi connectivity index (χ2n) is 6.23. The van der Waals surface area contributed by atoms with Crippen LogP contribution in [0.1, 0.15) is 38.4 Å². The lowest BCUT2D eigenvalue weighted by Gasteiger charge is -2.07. The highest BCUT2D eigenvalue weighted by molar-refractivity contribution is 5.88. The number of carbonyl (C=O) groups is 1. The van der Waals surface area contributed by atoms with Gasteiger partial charge in [-0.2, -0.15) is 0 Å². The summed E-state index contributed by atoms with van der Waals surface area (Å²) in [6.45, 7) is 9.81.